The zero-order chi connectivity index (χ0) is 18.4. The van der Waals surface area contributed by atoms with E-state index in [4.69, 9.17) is 0 Å². The zero-order valence-electron chi connectivity index (χ0n) is 14.9. The van der Waals surface area contributed by atoms with Gasteiger partial charge in [0.1, 0.15) is 5.82 Å². The van der Waals surface area contributed by atoms with Gasteiger partial charge in [-0.2, -0.15) is 0 Å². The third kappa shape index (κ3) is 3.08. The lowest BCUT2D eigenvalue weighted by atomic mass is 10.2. The Hall–Kier alpha value is -2.78. The van der Waals surface area contributed by atoms with Crippen LogP contribution in [0, 0.1) is 6.92 Å². The van der Waals surface area contributed by atoms with Crippen molar-refractivity contribution in [2.75, 3.05) is 31.1 Å². The summed E-state index contributed by atoms with van der Waals surface area (Å²) in [6, 6.07) is 7.45. The molecule has 0 radical (unpaired) electrons. The van der Waals surface area contributed by atoms with Gasteiger partial charge in [0.15, 0.2) is 0 Å². The lowest BCUT2D eigenvalue weighted by molar-refractivity contribution is 0.244. The van der Waals surface area contributed by atoms with Crippen molar-refractivity contribution < 1.29 is 0 Å². The Morgan fingerprint density at radius 2 is 1.96 bits per heavy atom. The molecule has 0 amide bonds. The molecule has 27 heavy (non-hydrogen) atoms. The van der Waals surface area contributed by atoms with Crippen LogP contribution in [-0.2, 0) is 6.54 Å². The number of fused-ring (bicyclic) bond motifs is 2. The first-order chi connectivity index (χ1) is 13.2. The molecule has 4 heterocycles. The minimum absolute atomic E-state index is 0.0735. The molecule has 0 saturated carbocycles. The maximum Gasteiger partial charge on any atom is 0.258 e. The second-order valence-corrected chi connectivity index (χ2v) is 7.72. The molecule has 1 saturated heterocycles. The van der Waals surface area contributed by atoms with Crippen LogP contribution in [0.2, 0.25) is 0 Å². The van der Waals surface area contributed by atoms with E-state index in [0.29, 0.717) is 11.9 Å². The van der Waals surface area contributed by atoms with Gasteiger partial charge in [-0.15, -0.1) is 5.10 Å². The molecular formula is C18H19N7OS. The Morgan fingerprint density at radius 1 is 1.15 bits per heavy atom. The monoisotopic (exact) mass is 381 g/mol. The highest BCUT2D eigenvalue weighted by Crippen LogP contribution is 2.24. The van der Waals surface area contributed by atoms with E-state index in [-0.39, 0.29) is 5.56 Å². The highest BCUT2D eigenvalue weighted by atomic mass is 32.1. The van der Waals surface area contributed by atoms with Crippen LogP contribution in [0.5, 0.6) is 0 Å². The highest BCUT2D eigenvalue weighted by Gasteiger charge is 2.21. The molecule has 1 aromatic carbocycles. The smallest absolute Gasteiger partial charge is 0.258 e. The number of nitrogens with one attached hydrogen (secondary N) is 1. The number of nitrogens with zero attached hydrogens (tertiary/aromatic N) is 6. The molecule has 1 aliphatic heterocycles. The number of hydrogen-bond acceptors (Lipinski definition) is 7. The van der Waals surface area contributed by atoms with Crippen LogP contribution >= 0.6 is 11.3 Å². The van der Waals surface area contributed by atoms with Gasteiger partial charge in [0.25, 0.3) is 5.56 Å². The van der Waals surface area contributed by atoms with E-state index in [2.05, 4.69) is 29.9 Å². The van der Waals surface area contributed by atoms with Crippen molar-refractivity contribution in [1.82, 2.24) is 29.5 Å². The van der Waals surface area contributed by atoms with Gasteiger partial charge in [-0.1, -0.05) is 23.5 Å². The van der Waals surface area contributed by atoms with Gasteiger partial charge in [-0.05, 0) is 19.1 Å². The summed E-state index contributed by atoms with van der Waals surface area (Å²) in [4.78, 5) is 29.8. The van der Waals surface area contributed by atoms with E-state index >= 15 is 0 Å². The molecule has 0 spiro atoms. The number of aromatic nitrogens is 5. The molecule has 0 aliphatic carbocycles. The third-order valence-corrected chi connectivity index (χ3v) is 5.81. The number of piperazine rings is 1. The van der Waals surface area contributed by atoms with Crippen LogP contribution < -0.4 is 10.5 Å². The van der Waals surface area contributed by atoms with Crippen LogP contribution in [0.15, 0.2) is 35.3 Å². The quantitative estimate of drug-likeness (QED) is 0.581. The topological polar surface area (TPSA) is 82.4 Å². The van der Waals surface area contributed by atoms with E-state index < -0.39 is 0 Å². The molecular weight excluding hydrogens is 362 g/mol. The minimum Gasteiger partial charge on any atom is -0.344 e. The molecule has 9 heteroatoms. The van der Waals surface area contributed by atoms with Crippen molar-refractivity contribution in [3.63, 3.8) is 0 Å². The number of imidazole rings is 1. The van der Waals surface area contributed by atoms with Gasteiger partial charge in [-0.3, -0.25) is 9.69 Å². The molecule has 4 aromatic rings. The minimum atomic E-state index is -0.0735. The molecule has 0 unspecified atom stereocenters. The number of para-hydroxylation sites is 1. The van der Waals surface area contributed by atoms with Crippen molar-refractivity contribution in [2.45, 2.75) is 13.5 Å². The third-order valence-electron chi connectivity index (χ3n) is 4.83. The zero-order valence-corrected chi connectivity index (χ0v) is 15.7. The average Bonchev–Trinajstić information content (AvgIpc) is 3.20. The van der Waals surface area contributed by atoms with Crippen LogP contribution in [0.3, 0.4) is 0 Å². The second-order valence-electron chi connectivity index (χ2n) is 6.79. The standard InChI is InChI=1S/C18H19N7OS/c1-12-10-25-17(19-12)27-18(22-25)24-8-6-23(7-9-24)11-15-20-14-5-3-2-4-13(14)16(26)21-15/h2-5,10H,6-9,11H2,1H3,(H,20,21,26). The van der Waals surface area contributed by atoms with E-state index in [1.807, 2.05) is 35.8 Å². The molecule has 5 rings (SSSR count). The number of H-pyrrole nitrogens is 1. The van der Waals surface area contributed by atoms with Crippen LogP contribution in [-0.4, -0.2) is 55.6 Å². The number of aryl methyl sites for hydroxylation is 1. The summed E-state index contributed by atoms with van der Waals surface area (Å²) in [5.41, 5.74) is 1.66. The van der Waals surface area contributed by atoms with E-state index in [9.17, 15) is 4.79 Å². The fourth-order valence-corrected chi connectivity index (χ4v) is 4.43. The Morgan fingerprint density at radius 3 is 2.78 bits per heavy atom. The van der Waals surface area contributed by atoms with Gasteiger partial charge >= 0.3 is 0 Å². The average molecular weight is 381 g/mol. The van der Waals surface area contributed by atoms with Crippen molar-refractivity contribution in [3.8, 4) is 0 Å². The van der Waals surface area contributed by atoms with Crippen LogP contribution in [0.1, 0.15) is 11.5 Å². The van der Waals surface area contributed by atoms with Crippen molar-refractivity contribution in [2.24, 2.45) is 0 Å². The summed E-state index contributed by atoms with van der Waals surface area (Å²) in [5.74, 6) is 0.718. The fourth-order valence-electron chi connectivity index (χ4n) is 3.45. The highest BCUT2D eigenvalue weighted by molar-refractivity contribution is 7.20. The number of hydrogen-bond donors (Lipinski definition) is 1. The number of anilines is 1. The summed E-state index contributed by atoms with van der Waals surface area (Å²) in [5, 5.41) is 6.28. The van der Waals surface area contributed by atoms with Gasteiger partial charge < -0.3 is 9.88 Å². The molecule has 1 fully saturated rings. The second kappa shape index (κ2) is 6.43. The summed E-state index contributed by atoms with van der Waals surface area (Å²) in [7, 11) is 0. The number of rotatable bonds is 3. The Labute approximate surface area is 159 Å². The van der Waals surface area contributed by atoms with Gasteiger partial charge in [0, 0.05) is 26.2 Å². The molecule has 138 valence electrons. The fraction of sp³-hybridized carbons (Fsp3) is 0.333. The summed E-state index contributed by atoms with van der Waals surface area (Å²) in [6.07, 6.45) is 1.95. The van der Waals surface area contributed by atoms with Crippen LogP contribution in [0.4, 0.5) is 5.13 Å². The summed E-state index contributed by atoms with van der Waals surface area (Å²) < 4.78 is 1.85. The molecule has 8 nitrogen and oxygen atoms in total. The maximum atomic E-state index is 12.2. The lowest BCUT2D eigenvalue weighted by Crippen LogP contribution is -2.46. The maximum absolute atomic E-state index is 12.2. The lowest BCUT2D eigenvalue weighted by Gasteiger charge is -2.33. The van der Waals surface area contributed by atoms with Gasteiger partial charge in [0.05, 0.1) is 29.3 Å². The van der Waals surface area contributed by atoms with Gasteiger partial charge in [0.2, 0.25) is 10.1 Å². The largest absolute Gasteiger partial charge is 0.344 e. The van der Waals surface area contributed by atoms with Crippen LogP contribution in [0.25, 0.3) is 15.9 Å². The first-order valence-electron chi connectivity index (χ1n) is 8.94. The summed E-state index contributed by atoms with van der Waals surface area (Å²) >= 11 is 1.62. The number of benzene rings is 1. The Balaban J connectivity index is 1.28. The van der Waals surface area contributed by atoms with Crippen molar-refractivity contribution in [3.05, 3.63) is 52.3 Å². The van der Waals surface area contributed by atoms with E-state index in [1.165, 1.54) is 0 Å². The van der Waals surface area contributed by atoms with Crippen molar-refractivity contribution in [1.29, 1.82) is 0 Å². The normalized spacial score (nSPS) is 15.8. The Bertz CT molecular complexity index is 1140. The molecule has 1 aliphatic rings. The number of aromatic amines is 1. The first kappa shape index (κ1) is 16.4. The first-order valence-corrected chi connectivity index (χ1v) is 9.75. The predicted octanol–water partition coefficient (Wildman–Crippen LogP) is 1.66. The predicted molar refractivity (Wildman–Crippen MR) is 105 cm³/mol. The van der Waals surface area contributed by atoms with Crippen molar-refractivity contribution >= 4 is 32.3 Å². The summed E-state index contributed by atoms with van der Waals surface area (Å²) in [6.45, 7) is 6.22. The van der Waals surface area contributed by atoms with Gasteiger partial charge in [-0.25, -0.2) is 14.5 Å². The molecule has 0 bridgehead atoms. The molecule has 3 aromatic heterocycles. The molecule has 0 atom stereocenters. The van der Waals surface area contributed by atoms with E-state index in [0.717, 1.165) is 53.3 Å². The Kier molecular flexibility index (Phi) is 3.91. The SMILES string of the molecule is Cc1cn2nc(N3CCN(Cc4nc5ccccc5c(=O)[nH]4)CC3)sc2n1. The molecule has 1 N–H and O–H groups in total. The van der Waals surface area contributed by atoms with E-state index in [1.54, 1.807) is 17.4 Å².